The molecule has 332 valence electrons. The lowest BCUT2D eigenvalue weighted by atomic mass is 9.95. The lowest BCUT2D eigenvalue weighted by Gasteiger charge is -2.28. The van der Waals surface area contributed by atoms with Gasteiger partial charge in [-0.15, -0.1) is 0 Å². The molecule has 0 N–H and O–H groups in total. The molecular formula is C68H44N2O. The van der Waals surface area contributed by atoms with Gasteiger partial charge in [0.1, 0.15) is 11.2 Å². The maximum absolute atomic E-state index is 6.60. The summed E-state index contributed by atoms with van der Waals surface area (Å²) in [4.78, 5) is 2.42. The van der Waals surface area contributed by atoms with Gasteiger partial charge in [0, 0.05) is 49.6 Å². The van der Waals surface area contributed by atoms with Gasteiger partial charge in [0.25, 0.3) is 0 Å². The van der Waals surface area contributed by atoms with Gasteiger partial charge in [-0.2, -0.15) is 0 Å². The first kappa shape index (κ1) is 40.6. The molecule has 0 aliphatic rings. The van der Waals surface area contributed by atoms with Crippen LogP contribution < -0.4 is 4.90 Å². The molecule has 0 atom stereocenters. The lowest BCUT2D eigenvalue weighted by molar-refractivity contribution is 0.670. The zero-order valence-corrected chi connectivity index (χ0v) is 38.7. The maximum atomic E-state index is 6.60. The van der Waals surface area contributed by atoms with Crippen LogP contribution in [0, 0.1) is 0 Å². The highest BCUT2D eigenvalue weighted by Crippen LogP contribution is 2.45. The summed E-state index contributed by atoms with van der Waals surface area (Å²) in [6.07, 6.45) is 0. The fraction of sp³-hybridized carbons (Fsp3) is 0. The van der Waals surface area contributed by atoms with Gasteiger partial charge < -0.3 is 13.9 Å². The summed E-state index contributed by atoms with van der Waals surface area (Å²) in [5, 5.41) is 9.68. The van der Waals surface area contributed by atoms with Crippen molar-refractivity contribution in [3.63, 3.8) is 0 Å². The first-order valence-corrected chi connectivity index (χ1v) is 24.3. The topological polar surface area (TPSA) is 21.3 Å². The molecular weight excluding hydrogens is 861 g/mol. The third-order valence-corrected chi connectivity index (χ3v) is 14.4. The summed E-state index contributed by atoms with van der Waals surface area (Å²) in [5.41, 5.74) is 17.5. The van der Waals surface area contributed by atoms with E-state index in [1.165, 1.54) is 54.5 Å². The molecule has 71 heavy (non-hydrogen) atoms. The highest BCUT2D eigenvalue weighted by atomic mass is 16.3. The van der Waals surface area contributed by atoms with E-state index in [2.05, 4.69) is 270 Å². The van der Waals surface area contributed by atoms with E-state index in [0.29, 0.717) is 0 Å². The average molecular weight is 905 g/mol. The van der Waals surface area contributed by atoms with Crippen LogP contribution in [0.15, 0.2) is 271 Å². The molecule has 0 saturated carbocycles. The molecule has 3 nitrogen and oxygen atoms in total. The van der Waals surface area contributed by atoms with Crippen LogP contribution in [-0.2, 0) is 0 Å². The van der Waals surface area contributed by atoms with Gasteiger partial charge >= 0.3 is 0 Å². The van der Waals surface area contributed by atoms with Crippen molar-refractivity contribution in [2.45, 2.75) is 0 Å². The zero-order valence-electron chi connectivity index (χ0n) is 38.7. The Morgan fingerprint density at radius 2 is 0.887 bits per heavy atom. The normalized spacial score (nSPS) is 11.7. The Labute approximate surface area is 411 Å². The second-order valence-electron chi connectivity index (χ2n) is 18.4. The van der Waals surface area contributed by atoms with Gasteiger partial charge in [-0.05, 0) is 110 Å². The molecule has 14 rings (SSSR count). The van der Waals surface area contributed by atoms with Crippen molar-refractivity contribution in [3.8, 4) is 50.2 Å². The molecule has 3 heteroatoms. The number of benzene rings is 12. The van der Waals surface area contributed by atoms with E-state index < -0.39 is 0 Å². The number of hydrogen-bond acceptors (Lipinski definition) is 2. The Balaban J connectivity index is 0.950. The largest absolute Gasteiger partial charge is 0.455 e. The summed E-state index contributed by atoms with van der Waals surface area (Å²) >= 11 is 0. The smallest absolute Gasteiger partial charge is 0.143 e. The molecule has 2 heterocycles. The van der Waals surface area contributed by atoms with Crippen molar-refractivity contribution in [2.75, 3.05) is 4.90 Å². The summed E-state index contributed by atoms with van der Waals surface area (Å²) in [5.74, 6) is 0. The Hall–Kier alpha value is -9.44. The molecule has 2 aromatic heterocycles. The second kappa shape index (κ2) is 16.7. The van der Waals surface area contributed by atoms with Crippen LogP contribution in [0.3, 0.4) is 0 Å². The highest BCUT2D eigenvalue weighted by molar-refractivity contribution is 6.12. The van der Waals surface area contributed by atoms with Crippen LogP contribution in [-0.4, -0.2) is 4.57 Å². The minimum Gasteiger partial charge on any atom is -0.455 e. The van der Waals surface area contributed by atoms with E-state index in [4.69, 9.17) is 4.42 Å². The molecule has 0 aliphatic heterocycles. The molecule has 0 fully saturated rings. The van der Waals surface area contributed by atoms with Crippen molar-refractivity contribution in [3.05, 3.63) is 267 Å². The fourth-order valence-electron chi connectivity index (χ4n) is 11.1. The molecule has 0 unspecified atom stereocenters. The molecule has 0 aliphatic carbocycles. The highest BCUT2D eigenvalue weighted by Gasteiger charge is 2.22. The maximum Gasteiger partial charge on any atom is 0.143 e. The van der Waals surface area contributed by atoms with Crippen molar-refractivity contribution in [2.24, 2.45) is 0 Å². The predicted molar refractivity (Wildman–Crippen MR) is 299 cm³/mol. The Bertz CT molecular complexity index is 4300. The molecule has 0 saturated heterocycles. The van der Waals surface area contributed by atoms with Gasteiger partial charge in [0.05, 0.1) is 22.4 Å². The standard InChI is InChI=1S/C68H44N2O/c1-2-16-45(17-3-1)48-36-41-57(66(44-48)70-64-29-11-7-23-59(64)60-24-8-12-30-65(60)70)47-34-38-52(39-35-47)69(53-20-14-19-49(43-53)58-26-15-27-62-61-25-9-13-31-67(61)71-68(58)62)63-28-10-6-22-56(63)51-37-40-55-50(42-51)33-32-46-18-4-5-21-54(46)55/h1-44H. The summed E-state index contributed by atoms with van der Waals surface area (Å²) in [7, 11) is 0. The van der Waals surface area contributed by atoms with Crippen molar-refractivity contribution in [1.29, 1.82) is 0 Å². The monoisotopic (exact) mass is 904 g/mol. The van der Waals surface area contributed by atoms with Crippen LogP contribution in [0.25, 0.3) is 115 Å². The number of aromatic nitrogens is 1. The van der Waals surface area contributed by atoms with Crippen LogP contribution in [0.2, 0.25) is 0 Å². The summed E-state index contributed by atoms with van der Waals surface area (Å²) in [6, 6.07) is 96.8. The number of hydrogen-bond donors (Lipinski definition) is 0. The SMILES string of the molecule is c1ccc(-c2ccc(-c3ccc(N(c4cccc(-c5cccc6c5oc5ccccc56)c4)c4ccccc4-c4ccc5c(ccc6ccccc65)c4)cc3)c(-n3c4ccccc4c4ccccc43)c2)cc1. The Kier molecular flexibility index (Phi) is 9.53. The molecule has 0 bridgehead atoms. The number of rotatable bonds is 8. The van der Waals surface area contributed by atoms with Crippen LogP contribution >= 0.6 is 0 Å². The van der Waals surface area contributed by atoms with Gasteiger partial charge in [-0.3, -0.25) is 0 Å². The fourth-order valence-corrected chi connectivity index (χ4v) is 11.1. The first-order chi connectivity index (χ1) is 35.2. The van der Waals surface area contributed by atoms with Crippen molar-refractivity contribution >= 4 is 82.4 Å². The van der Waals surface area contributed by atoms with Crippen LogP contribution in [0.4, 0.5) is 17.1 Å². The van der Waals surface area contributed by atoms with E-state index >= 15 is 0 Å². The van der Waals surface area contributed by atoms with Gasteiger partial charge in [-0.25, -0.2) is 0 Å². The zero-order chi connectivity index (χ0) is 46.8. The number of para-hydroxylation sites is 5. The van der Waals surface area contributed by atoms with Gasteiger partial charge in [0.2, 0.25) is 0 Å². The Morgan fingerprint density at radius 3 is 1.72 bits per heavy atom. The van der Waals surface area contributed by atoms with Gasteiger partial charge in [-0.1, -0.05) is 206 Å². The van der Waals surface area contributed by atoms with Gasteiger partial charge in [0.15, 0.2) is 0 Å². The third-order valence-electron chi connectivity index (χ3n) is 14.4. The lowest BCUT2D eigenvalue weighted by Crippen LogP contribution is -2.11. The van der Waals surface area contributed by atoms with E-state index in [0.717, 1.165) is 78.1 Å². The van der Waals surface area contributed by atoms with Crippen LogP contribution in [0.1, 0.15) is 0 Å². The molecule has 12 aromatic carbocycles. The second-order valence-corrected chi connectivity index (χ2v) is 18.4. The minimum atomic E-state index is 0.890. The molecule has 0 radical (unpaired) electrons. The number of anilines is 3. The van der Waals surface area contributed by atoms with Crippen molar-refractivity contribution in [1.82, 2.24) is 4.57 Å². The predicted octanol–water partition coefficient (Wildman–Crippen LogP) is 19.1. The number of fused-ring (bicyclic) bond motifs is 9. The molecule has 0 spiro atoms. The van der Waals surface area contributed by atoms with Crippen LogP contribution in [0.5, 0.6) is 0 Å². The van der Waals surface area contributed by atoms with Crippen molar-refractivity contribution < 1.29 is 4.42 Å². The minimum absolute atomic E-state index is 0.890. The molecule has 14 aromatic rings. The summed E-state index contributed by atoms with van der Waals surface area (Å²) < 4.78 is 9.05. The first-order valence-electron chi connectivity index (χ1n) is 24.3. The van der Waals surface area contributed by atoms with E-state index in [-0.39, 0.29) is 0 Å². The number of furan rings is 1. The Morgan fingerprint density at radius 1 is 0.296 bits per heavy atom. The van der Waals surface area contributed by atoms with E-state index in [1.54, 1.807) is 0 Å². The average Bonchev–Trinajstić information content (AvgIpc) is 4.00. The van der Waals surface area contributed by atoms with E-state index in [1.807, 2.05) is 6.07 Å². The number of nitrogens with zero attached hydrogens (tertiary/aromatic N) is 2. The summed E-state index contributed by atoms with van der Waals surface area (Å²) in [6.45, 7) is 0. The third kappa shape index (κ3) is 6.82. The molecule has 0 amide bonds. The van der Waals surface area contributed by atoms with E-state index in [9.17, 15) is 0 Å². The quantitative estimate of drug-likeness (QED) is 0.142.